The van der Waals surface area contributed by atoms with Gasteiger partial charge in [0.15, 0.2) is 0 Å². The van der Waals surface area contributed by atoms with Gasteiger partial charge in [0.05, 0.1) is 22.8 Å². The molecular formula is C19H18ClN3O. The quantitative estimate of drug-likeness (QED) is 0.787. The molecule has 0 bridgehead atoms. The summed E-state index contributed by atoms with van der Waals surface area (Å²) in [6, 6.07) is 14.1. The number of aromatic nitrogens is 2. The molecule has 1 aliphatic rings. The largest absolute Gasteiger partial charge is 0.348 e. The number of hydrogen-bond acceptors (Lipinski definition) is 2. The summed E-state index contributed by atoms with van der Waals surface area (Å²) in [4.78, 5) is 12.5. The molecule has 0 fully saturated rings. The minimum absolute atomic E-state index is 0.0262. The van der Waals surface area contributed by atoms with Crippen LogP contribution in [0.2, 0.25) is 5.02 Å². The Balaban J connectivity index is 1.52. The van der Waals surface area contributed by atoms with Crippen LogP contribution in [0.1, 0.15) is 30.0 Å². The molecule has 1 heterocycles. The van der Waals surface area contributed by atoms with Crippen molar-refractivity contribution in [2.75, 3.05) is 0 Å². The third-order valence-electron chi connectivity index (χ3n) is 4.63. The zero-order valence-corrected chi connectivity index (χ0v) is 14.0. The topological polar surface area (TPSA) is 46.9 Å². The fraction of sp³-hybridized carbons (Fsp3) is 0.263. The molecule has 122 valence electrons. The van der Waals surface area contributed by atoms with Gasteiger partial charge in [-0.25, -0.2) is 0 Å². The van der Waals surface area contributed by atoms with E-state index in [1.807, 2.05) is 24.3 Å². The molecule has 2 aromatic carbocycles. The second-order valence-electron chi connectivity index (χ2n) is 6.19. The van der Waals surface area contributed by atoms with Crippen molar-refractivity contribution in [1.29, 1.82) is 0 Å². The number of halogens is 1. The number of rotatable bonds is 3. The molecule has 4 rings (SSSR count). The molecule has 0 saturated heterocycles. The summed E-state index contributed by atoms with van der Waals surface area (Å²) >= 11 is 6.16. The third-order valence-corrected chi connectivity index (χ3v) is 4.96. The lowest BCUT2D eigenvalue weighted by Crippen LogP contribution is -2.33. The van der Waals surface area contributed by atoms with Crippen LogP contribution in [0.4, 0.5) is 0 Å². The van der Waals surface area contributed by atoms with Crippen molar-refractivity contribution in [3.05, 3.63) is 64.8 Å². The van der Waals surface area contributed by atoms with Crippen LogP contribution in [0.5, 0.6) is 0 Å². The van der Waals surface area contributed by atoms with E-state index in [-0.39, 0.29) is 18.5 Å². The summed E-state index contributed by atoms with van der Waals surface area (Å²) < 4.78 is 1.70. The van der Waals surface area contributed by atoms with Gasteiger partial charge in [0.25, 0.3) is 0 Å². The summed E-state index contributed by atoms with van der Waals surface area (Å²) in [6.45, 7) is 0.197. The summed E-state index contributed by atoms with van der Waals surface area (Å²) in [5, 5.41) is 8.99. The molecule has 0 radical (unpaired) electrons. The normalized spacial score (nSPS) is 16.8. The van der Waals surface area contributed by atoms with Crippen molar-refractivity contribution < 1.29 is 4.79 Å². The van der Waals surface area contributed by atoms with Gasteiger partial charge in [-0.15, -0.1) is 0 Å². The Bertz CT molecular complexity index is 903. The Kier molecular flexibility index (Phi) is 3.98. The first-order chi connectivity index (χ1) is 11.7. The lowest BCUT2D eigenvalue weighted by Gasteiger charge is -2.26. The predicted molar refractivity (Wildman–Crippen MR) is 95.0 cm³/mol. The minimum atomic E-state index is -0.0262. The van der Waals surface area contributed by atoms with Crippen LogP contribution in [0, 0.1) is 0 Å². The Morgan fingerprint density at radius 1 is 1.25 bits per heavy atom. The maximum Gasteiger partial charge on any atom is 0.242 e. The number of carbonyl (C=O) groups excluding carboxylic acids is 1. The average molecular weight is 340 g/mol. The summed E-state index contributed by atoms with van der Waals surface area (Å²) in [5.41, 5.74) is 3.46. The van der Waals surface area contributed by atoms with Crippen LogP contribution in [-0.2, 0) is 17.8 Å². The summed E-state index contributed by atoms with van der Waals surface area (Å²) in [6.07, 6.45) is 4.88. The molecule has 1 N–H and O–H groups in total. The van der Waals surface area contributed by atoms with Gasteiger partial charge in [-0.3, -0.25) is 9.48 Å². The molecule has 1 aliphatic carbocycles. The second-order valence-corrected chi connectivity index (χ2v) is 6.59. The molecule has 1 amide bonds. The van der Waals surface area contributed by atoms with E-state index >= 15 is 0 Å². The number of aryl methyl sites for hydroxylation is 1. The van der Waals surface area contributed by atoms with Crippen LogP contribution in [0.3, 0.4) is 0 Å². The van der Waals surface area contributed by atoms with Gasteiger partial charge in [0.2, 0.25) is 5.91 Å². The number of carbonyl (C=O) groups is 1. The smallest absolute Gasteiger partial charge is 0.242 e. The monoisotopic (exact) mass is 339 g/mol. The number of hydrogen-bond donors (Lipinski definition) is 1. The Hall–Kier alpha value is -2.33. The van der Waals surface area contributed by atoms with Crippen molar-refractivity contribution >= 4 is 28.4 Å². The predicted octanol–water partition coefficient (Wildman–Crippen LogP) is 3.88. The highest BCUT2D eigenvalue weighted by atomic mass is 35.5. The number of nitrogens with one attached hydrogen (secondary N) is 1. The van der Waals surface area contributed by atoms with E-state index in [2.05, 4.69) is 28.6 Å². The van der Waals surface area contributed by atoms with Crippen LogP contribution < -0.4 is 5.32 Å². The second kappa shape index (κ2) is 6.29. The molecule has 1 aromatic heterocycles. The van der Waals surface area contributed by atoms with Crippen LogP contribution in [0.25, 0.3) is 10.9 Å². The molecule has 0 saturated carbocycles. The van der Waals surface area contributed by atoms with Crippen molar-refractivity contribution in [3.8, 4) is 0 Å². The molecule has 0 unspecified atom stereocenters. The van der Waals surface area contributed by atoms with Gasteiger partial charge in [0, 0.05) is 5.39 Å². The molecule has 5 heteroatoms. The molecule has 0 spiro atoms. The maximum atomic E-state index is 12.5. The van der Waals surface area contributed by atoms with Crippen molar-refractivity contribution in [2.45, 2.75) is 31.8 Å². The van der Waals surface area contributed by atoms with Gasteiger partial charge in [-0.1, -0.05) is 41.9 Å². The molecule has 1 atom stereocenters. The van der Waals surface area contributed by atoms with Gasteiger partial charge in [0.1, 0.15) is 6.54 Å². The van der Waals surface area contributed by atoms with E-state index in [1.165, 1.54) is 11.1 Å². The zero-order valence-electron chi connectivity index (χ0n) is 13.2. The highest BCUT2D eigenvalue weighted by Crippen LogP contribution is 2.29. The number of benzene rings is 2. The van der Waals surface area contributed by atoms with Crippen molar-refractivity contribution in [2.24, 2.45) is 0 Å². The Morgan fingerprint density at radius 3 is 3.04 bits per heavy atom. The standard InChI is InChI=1S/C19H18ClN3O/c20-16-8-4-10-18-15(16)11-21-23(18)12-19(24)22-17-9-3-6-13-5-1-2-7-14(13)17/h1-2,4-5,7-8,10-11,17H,3,6,9,12H2,(H,22,24)/t17-/m1/s1. The fourth-order valence-corrected chi connectivity index (χ4v) is 3.69. The lowest BCUT2D eigenvalue weighted by atomic mass is 9.88. The van der Waals surface area contributed by atoms with Crippen LogP contribution in [-0.4, -0.2) is 15.7 Å². The first-order valence-electron chi connectivity index (χ1n) is 8.19. The number of fused-ring (bicyclic) bond motifs is 2. The van der Waals surface area contributed by atoms with E-state index in [0.717, 1.165) is 30.2 Å². The molecule has 0 aliphatic heterocycles. The summed E-state index contributed by atoms with van der Waals surface area (Å²) in [5.74, 6) is -0.0262. The highest BCUT2D eigenvalue weighted by Gasteiger charge is 2.21. The van der Waals surface area contributed by atoms with Crippen molar-refractivity contribution in [1.82, 2.24) is 15.1 Å². The van der Waals surface area contributed by atoms with Gasteiger partial charge >= 0.3 is 0 Å². The third kappa shape index (κ3) is 2.78. The first-order valence-corrected chi connectivity index (χ1v) is 8.57. The van der Waals surface area contributed by atoms with E-state index in [9.17, 15) is 4.79 Å². The number of nitrogens with zero attached hydrogens (tertiary/aromatic N) is 2. The average Bonchev–Trinajstić information content (AvgIpc) is 2.99. The summed E-state index contributed by atoms with van der Waals surface area (Å²) in [7, 11) is 0. The molecule has 3 aromatic rings. The number of amides is 1. The van der Waals surface area contributed by atoms with E-state index < -0.39 is 0 Å². The molecule has 24 heavy (non-hydrogen) atoms. The Morgan fingerprint density at radius 2 is 2.12 bits per heavy atom. The van der Waals surface area contributed by atoms with Gasteiger partial charge < -0.3 is 5.32 Å². The Labute approximate surface area is 145 Å². The van der Waals surface area contributed by atoms with E-state index in [0.29, 0.717) is 5.02 Å². The van der Waals surface area contributed by atoms with E-state index in [1.54, 1.807) is 10.9 Å². The van der Waals surface area contributed by atoms with Crippen molar-refractivity contribution in [3.63, 3.8) is 0 Å². The fourth-order valence-electron chi connectivity index (χ4n) is 3.47. The maximum absolute atomic E-state index is 12.5. The SMILES string of the molecule is O=C(Cn1ncc2c(Cl)cccc21)N[C@@H]1CCCc2ccccc21. The van der Waals surface area contributed by atoms with Crippen LogP contribution >= 0.6 is 11.6 Å². The lowest BCUT2D eigenvalue weighted by molar-refractivity contribution is -0.122. The van der Waals surface area contributed by atoms with Gasteiger partial charge in [-0.2, -0.15) is 5.10 Å². The van der Waals surface area contributed by atoms with Crippen LogP contribution in [0.15, 0.2) is 48.7 Å². The molecule has 4 nitrogen and oxygen atoms in total. The molecular weight excluding hydrogens is 322 g/mol. The van der Waals surface area contributed by atoms with E-state index in [4.69, 9.17) is 11.6 Å². The van der Waals surface area contributed by atoms with Gasteiger partial charge in [-0.05, 0) is 42.5 Å². The zero-order chi connectivity index (χ0) is 16.5. The minimum Gasteiger partial charge on any atom is -0.348 e. The highest BCUT2D eigenvalue weighted by molar-refractivity contribution is 6.35. The first kappa shape index (κ1) is 15.2.